The SMILES string of the molecule is Cc1cc(NC2COCC2n2ncccc2=O)nc(C2CC2)n1. The summed E-state index contributed by atoms with van der Waals surface area (Å²) in [5, 5.41) is 7.58. The number of nitrogens with one attached hydrogen (secondary N) is 1. The molecule has 0 radical (unpaired) electrons. The van der Waals surface area contributed by atoms with Gasteiger partial charge in [0.15, 0.2) is 0 Å². The molecule has 0 aromatic carbocycles. The molecule has 2 atom stereocenters. The molecule has 1 N–H and O–H groups in total. The van der Waals surface area contributed by atoms with E-state index in [2.05, 4.69) is 20.4 Å². The maximum atomic E-state index is 12.0. The molecule has 1 aliphatic heterocycles. The van der Waals surface area contributed by atoms with Gasteiger partial charge in [0.1, 0.15) is 17.7 Å². The Bertz CT molecular complexity index is 771. The van der Waals surface area contributed by atoms with Crippen LogP contribution in [-0.4, -0.2) is 39.0 Å². The second kappa shape index (κ2) is 5.73. The highest BCUT2D eigenvalue weighted by molar-refractivity contribution is 5.38. The van der Waals surface area contributed by atoms with Gasteiger partial charge in [-0.2, -0.15) is 5.10 Å². The minimum atomic E-state index is -0.136. The van der Waals surface area contributed by atoms with Crippen molar-refractivity contribution in [1.82, 2.24) is 19.7 Å². The molecule has 2 unspecified atom stereocenters. The van der Waals surface area contributed by atoms with E-state index in [0.717, 1.165) is 17.3 Å². The zero-order valence-electron chi connectivity index (χ0n) is 13.0. The molecule has 7 nitrogen and oxygen atoms in total. The summed E-state index contributed by atoms with van der Waals surface area (Å²) in [6.07, 6.45) is 3.96. The molecule has 23 heavy (non-hydrogen) atoms. The van der Waals surface area contributed by atoms with Crippen molar-refractivity contribution in [2.24, 2.45) is 0 Å². The molecule has 2 aromatic rings. The summed E-state index contributed by atoms with van der Waals surface area (Å²) < 4.78 is 7.05. The Morgan fingerprint density at radius 2 is 2.17 bits per heavy atom. The molecule has 0 spiro atoms. The predicted molar refractivity (Wildman–Crippen MR) is 84.5 cm³/mol. The highest BCUT2D eigenvalue weighted by atomic mass is 16.5. The summed E-state index contributed by atoms with van der Waals surface area (Å²) in [7, 11) is 0. The second-order valence-electron chi connectivity index (χ2n) is 6.19. The van der Waals surface area contributed by atoms with E-state index in [1.807, 2.05) is 13.0 Å². The molecule has 1 aliphatic carbocycles. The topological polar surface area (TPSA) is 81.9 Å². The van der Waals surface area contributed by atoms with Crippen LogP contribution in [0, 0.1) is 6.92 Å². The van der Waals surface area contributed by atoms with E-state index in [4.69, 9.17) is 4.74 Å². The quantitative estimate of drug-likeness (QED) is 0.915. The minimum absolute atomic E-state index is 0.0380. The number of hydrogen-bond donors (Lipinski definition) is 1. The van der Waals surface area contributed by atoms with Gasteiger partial charge in [-0.1, -0.05) is 0 Å². The predicted octanol–water partition coefficient (Wildman–Crippen LogP) is 1.27. The van der Waals surface area contributed by atoms with Gasteiger partial charge in [0.2, 0.25) is 0 Å². The van der Waals surface area contributed by atoms with Crippen LogP contribution < -0.4 is 10.9 Å². The van der Waals surface area contributed by atoms with Crippen LogP contribution >= 0.6 is 0 Å². The van der Waals surface area contributed by atoms with Crippen molar-refractivity contribution in [3.05, 3.63) is 46.3 Å². The van der Waals surface area contributed by atoms with E-state index in [1.54, 1.807) is 12.3 Å². The summed E-state index contributed by atoms with van der Waals surface area (Å²) >= 11 is 0. The van der Waals surface area contributed by atoms with Gasteiger partial charge in [0.05, 0.1) is 19.3 Å². The molecule has 2 fully saturated rings. The van der Waals surface area contributed by atoms with Gasteiger partial charge in [-0.25, -0.2) is 14.6 Å². The van der Waals surface area contributed by atoms with Crippen LogP contribution in [0.4, 0.5) is 5.82 Å². The number of hydrogen-bond acceptors (Lipinski definition) is 6. The molecule has 120 valence electrons. The molecule has 0 bridgehead atoms. The van der Waals surface area contributed by atoms with Gasteiger partial charge in [-0.15, -0.1) is 0 Å². The second-order valence-corrected chi connectivity index (χ2v) is 6.19. The molecule has 2 aromatic heterocycles. The van der Waals surface area contributed by atoms with Crippen molar-refractivity contribution in [3.63, 3.8) is 0 Å². The van der Waals surface area contributed by atoms with Gasteiger partial charge in [0.25, 0.3) is 5.56 Å². The van der Waals surface area contributed by atoms with Crippen LogP contribution in [-0.2, 0) is 4.74 Å². The molecule has 1 saturated carbocycles. The fraction of sp³-hybridized carbons (Fsp3) is 0.500. The van der Waals surface area contributed by atoms with Gasteiger partial charge >= 0.3 is 0 Å². The van der Waals surface area contributed by atoms with Crippen LogP contribution in [0.1, 0.15) is 36.3 Å². The van der Waals surface area contributed by atoms with Crippen molar-refractivity contribution in [1.29, 1.82) is 0 Å². The molecule has 7 heteroatoms. The fourth-order valence-corrected chi connectivity index (χ4v) is 2.92. The third-order valence-corrected chi connectivity index (χ3v) is 4.25. The molecule has 2 aliphatic rings. The first-order chi connectivity index (χ1) is 11.2. The molecule has 0 amide bonds. The monoisotopic (exact) mass is 313 g/mol. The Balaban J connectivity index is 1.58. The molecule has 1 saturated heterocycles. The Kier molecular flexibility index (Phi) is 3.57. The van der Waals surface area contributed by atoms with E-state index in [0.29, 0.717) is 19.1 Å². The number of anilines is 1. The van der Waals surface area contributed by atoms with Crippen LogP contribution in [0.25, 0.3) is 0 Å². The maximum Gasteiger partial charge on any atom is 0.267 e. The fourth-order valence-electron chi connectivity index (χ4n) is 2.92. The van der Waals surface area contributed by atoms with Crippen molar-refractivity contribution in [2.75, 3.05) is 18.5 Å². The van der Waals surface area contributed by atoms with Crippen molar-refractivity contribution in [3.8, 4) is 0 Å². The van der Waals surface area contributed by atoms with Crippen LogP contribution in [0.3, 0.4) is 0 Å². The van der Waals surface area contributed by atoms with Crippen molar-refractivity contribution >= 4 is 5.82 Å². The lowest BCUT2D eigenvalue weighted by Crippen LogP contribution is -2.37. The number of nitrogens with zero attached hydrogens (tertiary/aromatic N) is 4. The lowest BCUT2D eigenvalue weighted by atomic mass is 10.1. The smallest absolute Gasteiger partial charge is 0.267 e. The minimum Gasteiger partial charge on any atom is -0.377 e. The van der Waals surface area contributed by atoms with Gasteiger partial charge in [0, 0.05) is 29.9 Å². The van der Waals surface area contributed by atoms with Gasteiger partial charge < -0.3 is 10.1 Å². The zero-order valence-corrected chi connectivity index (χ0v) is 13.0. The van der Waals surface area contributed by atoms with Gasteiger partial charge in [-0.3, -0.25) is 4.79 Å². The molecular formula is C16H19N5O2. The highest BCUT2D eigenvalue weighted by Gasteiger charge is 2.32. The van der Waals surface area contributed by atoms with Crippen LogP contribution in [0.5, 0.6) is 0 Å². The number of aromatic nitrogens is 4. The maximum absolute atomic E-state index is 12.0. The first-order valence-corrected chi connectivity index (χ1v) is 7.94. The van der Waals surface area contributed by atoms with E-state index in [9.17, 15) is 4.79 Å². The number of aryl methyl sites for hydroxylation is 1. The highest BCUT2D eigenvalue weighted by Crippen LogP contribution is 2.38. The summed E-state index contributed by atoms with van der Waals surface area (Å²) in [6.45, 7) is 2.97. The summed E-state index contributed by atoms with van der Waals surface area (Å²) in [6, 6.07) is 4.92. The molecule has 3 heterocycles. The number of rotatable bonds is 4. The lowest BCUT2D eigenvalue weighted by molar-refractivity contribution is 0.182. The summed E-state index contributed by atoms with van der Waals surface area (Å²) in [4.78, 5) is 21.1. The third-order valence-electron chi connectivity index (χ3n) is 4.25. The average molecular weight is 313 g/mol. The molecule has 4 rings (SSSR count). The Hall–Kier alpha value is -2.28. The average Bonchev–Trinajstić information content (AvgIpc) is 3.29. The summed E-state index contributed by atoms with van der Waals surface area (Å²) in [5.74, 6) is 2.21. The zero-order chi connectivity index (χ0) is 15.8. The summed E-state index contributed by atoms with van der Waals surface area (Å²) in [5.41, 5.74) is 0.835. The van der Waals surface area contributed by atoms with Gasteiger partial charge in [-0.05, 0) is 25.8 Å². The lowest BCUT2D eigenvalue weighted by Gasteiger charge is -2.20. The standard InChI is InChI=1S/C16H19N5O2/c1-10-7-14(20-16(18-10)11-4-5-11)19-12-8-23-9-13(12)21-15(22)3-2-6-17-21/h2-3,6-7,11-13H,4-5,8-9H2,1H3,(H,18,19,20). The Morgan fingerprint density at radius 1 is 1.30 bits per heavy atom. The van der Waals surface area contributed by atoms with Crippen LogP contribution in [0.2, 0.25) is 0 Å². The van der Waals surface area contributed by atoms with E-state index in [-0.39, 0.29) is 17.6 Å². The normalized spacial score (nSPS) is 23.9. The first kappa shape index (κ1) is 14.3. The third kappa shape index (κ3) is 2.96. The van der Waals surface area contributed by atoms with Crippen molar-refractivity contribution in [2.45, 2.75) is 37.8 Å². The van der Waals surface area contributed by atoms with E-state index < -0.39 is 0 Å². The molecular weight excluding hydrogens is 294 g/mol. The van der Waals surface area contributed by atoms with E-state index >= 15 is 0 Å². The Morgan fingerprint density at radius 3 is 2.96 bits per heavy atom. The largest absolute Gasteiger partial charge is 0.377 e. The first-order valence-electron chi connectivity index (χ1n) is 7.94. The van der Waals surface area contributed by atoms with Crippen LogP contribution in [0.15, 0.2) is 29.2 Å². The Labute approximate surface area is 133 Å². The number of ether oxygens (including phenoxy) is 1. The van der Waals surface area contributed by atoms with E-state index in [1.165, 1.54) is 23.6 Å². The van der Waals surface area contributed by atoms with Crippen molar-refractivity contribution < 1.29 is 4.74 Å².